The third-order valence-corrected chi connectivity index (χ3v) is 1.34. The van der Waals surface area contributed by atoms with E-state index in [1.165, 1.54) is 0 Å². The lowest BCUT2D eigenvalue weighted by molar-refractivity contribution is -0.122. The van der Waals surface area contributed by atoms with Gasteiger partial charge in [-0.3, -0.25) is 4.79 Å². The van der Waals surface area contributed by atoms with Crippen molar-refractivity contribution in [2.45, 2.75) is 25.8 Å². The van der Waals surface area contributed by atoms with Crippen molar-refractivity contribution < 1.29 is 9.53 Å². The van der Waals surface area contributed by atoms with Crippen LogP contribution in [0, 0.1) is 11.3 Å². The van der Waals surface area contributed by atoms with Gasteiger partial charge in [-0.15, -0.1) is 0 Å². The summed E-state index contributed by atoms with van der Waals surface area (Å²) >= 11 is 0. The third-order valence-electron chi connectivity index (χ3n) is 1.34. The van der Waals surface area contributed by atoms with Crippen molar-refractivity contribution in [3.05, 3.63) is 0 Å². The van der Waals surface area contributed by atoms with E-state index < -0.39 is 0 Å². The zero-order valence-corrected chi connectivity index (χ0v) is 7.46. The molecule has 0 heterocycles. The number of ether oxygens (including phenoxy) is 1. The summed E-state index contributed by atoms with van der Waals surface area (Å²) in [6, 6.07) is 1.91. The van der Waals surface area contributed by atoms with Crippen LogP contribution in [0.15, 0.2) is 0 Å². The molecule has 0 bridgehead atoms. The van der Waals surface area contributed by atoms with Crippen molar-refractivity contribution in [2.24, 2.45) is 0 Å². The Morgan fingerprint density at radius 2 is 2.42 bits per heavy atom. The fourth-order valence-electron chi connectivity index (χ4n) is 0.730. The highest BCUT2D eigenvalue weighted by molar-refractivity contribution is 5.76. The minimum absolute atomic E-state index is 0.0698. The summed E-state index contributed by atoms with van der Waals surface area (Å²) in [7, 11) is 1.55. The number of carbonyl (C=O) groups excluding carboxylic acids is 1. The van der Waals surface area contributed by atoms with Crippen LogP contribution in [-0.2, 0) is 9.53 Å². The monoisotopic (exact) mass is 170 g/mol. The van der Waals surface area contributed by atoms with E-state index in [4.69, 9.17) is 10.00 Å². The third kappa shape index (κ3) is 5.69. The maximum absolute atomic E-state index is 11.0. The van der Waals surface area contributed by atoms with Gasteiger partial charge >= 0.3 is 0 Å². The van der Waals surface area contributed by atoms with Crippen molar-refractivity contribution in [2.75, 3.05) is 13.7 Å². The quantitative estimate of drug-likeness (QED) is 0.651. The number of amides is 1. The van der Waals surface area contributed by atoms with Gasteiger partial charge in [-0.1, -0.05) is 0 Å². The predicted molar refractivity (Wildman–Crippen MR) is 44.3 cm³/mol. The maximum Gasteiger partial charge on any atom is 0.222 e. The lowest BCUT2D eigenvalue weighted by Gasteiger charge is -2.09. The van der Waals surface area contributed by atoms with Gasteiger partial charge in [0.25, 0.3) is 0 Å². The number of nitrogens with zero attached hydrogens (tertiary/aromatic N) is 1. The first kappa shape index (κ1) is 10.9. The number of hydrogen-bond acceptors (Lipinski definition) is 3. The number of rotatable bonds is 5. The average molecular weight is 170 g/mol. The second-order valence-electron chi connectivity index (χ2n) is 2.57. The molecule has 0 aromatic heterocycles. The van der Waals surface area contributed by atoms with E-state index >= 15 is 0 Å². The number of nitrogens with one attached hydrogen (secondary N) is 1. The molecule has 12 heavy (non-hydrogen) atoms. The van der Waals surface area contributed by atoms with Crippen molar-refractivity contribution in [1.82, 2.24) is 5.32 Å². The van der Waals surface area contributed by atoms with Gasteiger partial charge in [0.1, 0.15) is 0 Å². The maximum atomic E-state index is 11.0. The number of methoxy groups -OCH3 is 1. The molecule has 4 nitrogen and oxygen atoms in total. The van der Waals surface area contributed by atoms with E-state index in [1.807, 2.05) is 6.07 Å². The first-order valence-corrected chi connectivity index (χ1v) is 3.86. The van der Waals surface area contributed by atoms with Gasteiger partial charge in [0.15, 0.2) is 0 Å². The second-order valence-corrected chi connectivity index (χ2v) is 2.57. The van der Waals surface area contributed by atoms with E-state index in [1.54, 1.807) is 14.0 Å². The summed E-state index contributed by atoms with van der Waals surface area (Å²) in [5, 5.41) is 11.0. The zero-order chi connectivity index (χ0) is 9.40. The number of nitriles is 1. The Hall–Kier alpha value is -1.08. The van der Waals surface area contributed by atoms with Crippen LogP contribution >= 0.6 is 0 Å². The Balaban J connectivity index is 3.48. The Labute approximate surface area is 72.5 Å². The van der Waals surface area contributed by atoms with Crippen LogP contribution < -0.4 is 5.32 Å². The normalized spacial score (nSPS) is 11.8. The first-order chi connectivity index (χ1) is 5.70. The van der Waals surface area contributed by atoms with Crippen molar-refractivity contribution >= 4 is 5.91 Å². The summed E-state index contributed by atoms with van der Waals surface area (Å²) in [5.74, 6) is -0.0698. The molecule has 0 rings (SSSR count). The zero-order valence-electron chi connectivity index (χ0n) is 7.46. The Bertz CT molecular complexity index is 174. The van der Waals surface area contributed by atoms with Crippen LogP contribution in [0.5, 0.6) is 0 Å². The molecule has 0 aromatic carbocycles. The molecule has 1 unspecified atom stereocenters. The van der Waals surface area contributed by atoms with Gasteiger partial charge in [0, 0.05) is 19.6 Å². The predicted octanol–water partition coefficient (Wildman–Crippen LogP) is 0.441. The molecular formula is C8H14N2O2. The lowest BCUT2D eigenvalue weighted by atomic mass is 10.2. The summed E-state index contributed by atoms with van der Waals surface area (Å²) in [6.07, 6.45) is 0.699. The lowest BCUT2D eigenvalue weighted by Crippen LogP contribution is -2.32. The standard InChI is InChI=1S/C8H14N2O2/c1-7(3-5-9)10-8(11)4-6-12-2/h7H,3-4,6H2,1-2H3,(H,10,11). The fraction of sp³-hybridized carbons (Fsp3) is 0.750. The van der Waals surface area contributed by atoms with E-state index in [-0.39, 0.29) is 11.9 Å². The van der Waals surface area contributed by atoms with E-state index in [9.17, 15) is 4.79 Å². The van der Waals surface area contributed by atoms with Crippen LogP contribution in [-0.4, -0.2) is 25.7 Å². The Kier molecular flexibility index (Phi) is 6.02. The highest BCUT2D eigenvalue weighted by atomic mass is 16.5. The van der Waals surface area contributed by atoms with Gasteiger partial charge in [-0.05, 0) is 6.92 Å². The molecule has 0 fully saturated rings. The highest BCUT2D eigenvalue weighted by Crippen LogP contribution is 1.89. The fourth-order valence-corrected chi connectivity index (χ4v) is 0.730. The van der Waals surface area contributed by atoms with Crippen molar-refractivity contribution in [3.63, 3.8) is 0 Å². The molecule has 1 atom stereocenters. The van der Waals surface area contributed by atoms with E-state index in [0.29, 0.717) is 19.4 Å². The molecule has 1 amide bonds. The molecule has 0 radical (unpaired) electrons. The molecule has 0 spiro atoms. The molecule has 0 aliphatic carbocycles. The van der Waals surface area contributed by atoms with Crippen LogP contribution in [0.25, 0.3) is 0 Å². The Morgan fingerprint density at radius 3 is 2.92 bits per heavy atom. The molecule has 0 aliphatic rings. The smallest absolute Gasteiger partial charge is 0.222 e. The number of hydrogen-bond donors (Lipinski definition) is 1. The van der Waals surface area contributed by atoms with Gasteiger partial charge in [0.2, 0.25) is 5.91 Å². The van der Waals surface area contributed by atoms with Crippen molar-refractivity contribution in [3.8, 4) is 6.07 Å². The summed E-state index contributed by atoms with van der Waals surface area (Å²) < 4.78 is 4.73. The van der Waals surface area contributed by atoms with Crippen LogP contribution in [0.1, 0.15) is 19.8 Å². The highest BCUT2D eigenvalue weighted by Gasteiger charge is 2.05. The average Bonchev–Trinajstić information content (AvgIpc) is 2.01. The van der Waals surface area contributed by atoms with Gasteiger partial charge in [-0.2, -0.15) is 5.26 Å². The summed E-state index contributed by atoms with van der Waals surface area (Å²) in [6.45, 7) is 2.22. The molecule has 0 saturated heterocycles. The first-order valence-electron chi connectivity index (χ1n) is 3.86. The van der Waals surface area contributed by atoms with Crippen LogP contribution in [0.3, 0.4) is 0 Å². The second kappa shape index (κ2) is 6.62. The Morgan fingerprint density at radius 1 is 1.75 bits per heavy atom. The molecule has 0 saturated carbocycles. The number of carbonyl (C=O) groups is 1. The molecule has 0 aliphatic heterocycles. The molecule has 1 N–H and O–H groups in total. The van der Waals surface area contributed by atoms with Gasteiger partial charge in [-0.25, -0.2) is 0 Å². The van der Waals surface area contributed by atoms with Gasteiger partial charge < -0.3 is 10.1 Å². The molecule has 68 valence electrons. The van der Waals surface area contributed by atoms with Crippen LogP contribution in [0.2, 0.25) is 0 Å². The molecule has 4 heteroatoms. The summed E-state index contributed by atoms with van der Waals surface area (Å²) in [5.41, 5.74) is 0. The minimum Gasteiger partial charge on any atom is -0.384 e. The molecular weight excluding hydrogens is 156 g/mol. The van der Waals surface area contributed by atoms with Gasteiger partial charge in [0.05, 0.1) is 19.1 Å². The van der Waals surface area contributed by atoms with E-state index in [0.717, 1.165) is 0 Å². The SMILES string of the molecule is COCCC(=O)NC(C)CC#N. The van der Waals surface area contributed by atoms with Crippen LogP contribution in [0.4, 0.5) is 0 Å². The van der Waals surface area contributed by atoms with E-state index in [2.05, 4.69) is 5.32 Å². The topological polar surface area (TPSA) is 62.1 Å². The minimum atomic E-state index is -0.0700. The van der Waals surface area contributed by atoms with Crippen molar-refractivity contribution in [1.29, 1.82) is 5.26 Å². The molecule has 0 aromatic rings. The largest absolute Gasteiger partial charge is 0.384 e. The summed E-state index contributed by atoms with van der Waals surface area (Å²) in [4.78, 5) is 11.0.